The van der Waals surface area contributed by atoms with Crippen molar-refractivity contribution < 1.29 is 14.2 Å². The molecule has 0 spiro atoms. The fourth-order valence-corrected chi connectivity index (χ4v) is 2.68. The predicted molar refractivity (Wildman–Crippen MR) is 85.8 cm³/mol. The summed E-state index contributed by atoms with van der Waals surface area (Å²) in [5.74, 6) is 3.70. The van der Waals surface area contributed by atoms with Crippen molar-refractivity contribution in [3.8, 4) is 11.5 Å². The number of benzene rings is 1. The maximum atomic E-state index is 5.78. The summed E-state index contributed by atoms with van der Waals surface area (Å²) in [4.78, 5) is 4.65. The van der Waals surface area contributed by atoms with Gasteiger partial charge in [-0.05, 0) is 44.5 Å². The molecule has 6 nitrogen and oxygen atoms in total. The van der Waals surface area contributed by atoms with E-state index in [1.807, 2.05) is 35.9 Å². The van der Waals surface area contributed by atoms with Gasteiger partial charge in [-0.2, -0.15) is 5.10 Å². The Hall–Kier alpha value is -2.08. The fraction of sp³-hybridized carbons (Fsp3) is 0.529. The number of nitrogens with zero attached hydrogens (tertiary/aromatic N) is 3. The van der Waals surface area contributed by atoms with Crippen molar-refractivity contribution in [2.45, 2.75) is 39.3 Å². The van der Waals surface area contributed by atoms with Gasteiger partial charge in [-0.1, -0.05) is 0 Å². The van der Waals surface area contributed by atoms with Crippen LogP contribution in [0.15, 0.2) is 24.3 Å². The minimum absolute atomic E-state index is 0.349. The third-order valence-electron chi connectivity index (χ3n) is 3.84. The molecule has 6 heteroatoms. The number of hydrogen-bond donors (Lipinski definition) is 0. The summed E-state index contributed by atoms with van der Waals surface area (Å²) in [6, 6.07) is 7.59. The van der Waals surface area contributed by atoms with E-state index in [0.29, 0.717) is 25.0 Å². The molecule has 1 saturated heterocycles. The molecule has 124 valence electrons. The number of aryl methyl sites for hydroxylation is 1. The standard InChI is InChI=1S/C17H23N3O3/c1-3-20-17(13-9-10-21-11-13)18-16(19-20)12-23-15-7-5-14(6-8-15)22-4-2/h5-8,13H,3-4,9-12H2,1-2H3/t13-/m1/s1. The predicted octanol–water partition coefficient (Wildman–Crippen LogP) is 2.78. The van der Waals surface area contributed by atoms with Gasteiger partial charge in [0.1, 0.15) is 23.9 Å². The first-order valence-electron chi connectivity index (χ1n) is 8.17. The van der Waals surface area contributed by atoms with Gasteiger partial charge in [0.05, 0.1) is 13.2 Å². The van der Waals surface area contributed by atoms with Gasteiger partial charge in [-0.15, -0.1) is 0 Å². The minimum atomic E-state index is 0.349. The van der Waals surface area contributed by atoms with Crippen molar-refractivity contribution in [3.05, 3.63) is 35.9 Å². The Morgan fingerprint density at radius 2 is 1.91 bits per heavy atom. The summed E-state index contributed by atoms with van der Waals surface area (Å²) in [6.45, 7) is 7.41. The van der Waals surface area contributed by atoms with Crippen molar-refractivity contribution in [2.75, 3.05) is 19.8 Å². The molecule has 0 saturated carbocycles. The number of rotatable bonds is 7. The first-order valence-corrected chi connectivity index (χ1v) is 8.17. The molecule has 0 radical (unpaired) electrons. The van der Waals surface area contributed by atoms with Crippen LogP contribution in [0.1, 0.15) is 37.8 Å². The second-order valence-corrected chi connectivity index (χ2v) is 5.46. The minimum Gasteiger partial charge on any atom is -0.494 e. The molecular formula is C17H23N3O3. The molecule has 0 unspecified atom stereocenters. The second kappa shape index (κ2) is 7.46. The Balaban J connectivity index is 1.63. The van der Waals surface area contributed by atoms with Crippen LogP contribution >= 0.6 is 0 Å². The smallest absolute Gasteiger partial charge is 0.188 e. The van der Waals surface area contributed by atoms with Crippen LogP contribution in [0.25, 0.3) is 0 Å². The molecule has 3 rings (SSSR count). The van der Waals surface area contributed by atoms with Crippen LogP contribution in [0.5, 0.6) is 11.5 Å². The lowest BCUT2D eigenvalue weighted by molar-refractivity contribution is 0.192. The molecule has 0 aliphatic carbocycles. The second-order valence-electron chi connectivity index (χ2n) is 5.46. The number of aromatic nitrogens is 3. The lowest BCUT2D eigenvalue weighted by Crippen LogP contribution is -2.09. The van der Waals surface area contributed by atoms with Crippen LogP contribution in [0.3, 0.4) is 0 Å². The van der Waals surface area contributed by atoms with Crippen LogP contribution < -0.4 is 9.47 Å². The Labute approximate surface area is 136 Å². The lowest BCUT2D eigenvalue weighted by atomic mass is 10.1. The Morgan fingerprint density at radius 3 is 2.52 bits per heavy atom. The van der Waals surface area contributed by atoms with E-state index in [0.717, 1.165) is 43.5 Å². The van der Waals surface area contributed by atoms with Crippen molar-refractivity contribution >= 4 is 0 Å². The quantitative estimate of drug-likeness (QED) is 0.786. The van der Waals surface area contributed by atoms with Gasteiger partial charge in [0, 0.05) is 19.1 Å². The highest BCUT2D eigenvalue weighted by molar-refractivity contribution is 5.31. The molecule has 1 aliphatic rings. The molecule has 1 aromatic carbocycles. The van der Waals surface area contributed by atoms with E-state index in [2.05, 4.69) is 17.0 Å². The lowest BCUT2D eigenvalue weighted by Gasteiger charge is -2.06. The summed E-state index contributed by atoms with van der Waals surface area (Å²) >= 11 is 0. The highest BCUT2D eigenvalue weighted by atomic mass is 16.5. The Kier molecular flexibility index (Phi) is 5.12. The summed E-state index contributed by atoms with van der Waals surface area (Å²) < 4.78 is 18.6. The molecule has 1 aromatic heterocycles. The summed E-state index contributed by atoms with van der Waals surface area (Å²) in [5, 5.41) is 4.54. The molecular weight excluding hydrogens is 294 g/mol. The topological polar surface area (TPSA) is 58.4 Å². The van der Waals surface area contributed by atoms with E-state index in [9.17, 15) is 0 Å². The van der Waals surface area contributed by atoms with Crippen molar-refractivity contribution in [3.63, 3.8) is 0 Å². The van der Waals surface area contributed by atoms with Gasteiger partial charge in [-0.3, -0.25) is 0 Å². The van der Waals surface area contributed by atoms with E-state index >= 15 is 0 Å². The maximum absolute atomic E-state index is 5.78. The maximum Gasteiger partial charge on any atom is 0.188 e. The van der Waals surface area contributed by atoms with Gasteiger partial charge >= 0.3 is 0 Å². The third-order valence-corrected chi connectivity index (χ3v) is 3.84. The van der Waals surface area contributed by atoms with Gasteiger partial charge in [0.25, 0.3) is 0 Å². The number of hydrogen-bond acceptors (Lipinski definition) is 5. The normalized spacial score (nSPS) is 17.4. The zero-order chi connectivity index (χ0) is 16.1. The van der Waals surface area contributed by atoms with E-state index < -0.39 is 0 Å². The molecule has 1 fully saturated rings. The average Bonchev–Trinajstić information content (AvgIpc) is 3.23. The van der Waals surface area contributed by atoms with Gasteiger partial charge in [0.2, 0.25) is 0 Å². The van der Waals surface area contributed by atoms with Crippen LogP contribution in [-0.2, 0) is 17.9 Å². The van der Waals surface area contributed by atoms with Crippen LogP contribution in [0.2, 0.25) is 0 Å². The first-order chi connectivity index (χ1) is 11.3. The Bertz CT molecular complexity index is 619. The van der Waals surface area contributed by atoms with Crippen LogP contribution in [-0.4, -0.2) is 34.6 Å². The first kappa shape index (κ1) is 15.8. The summed E-state index contributed by atoms with van der Waals surface area (Å²) in [5.41, 5.74) is 0. The molecule has 1 atom stereocenters. The molecule has 23 heavy (non-hydrogen) atoms. The van der Waals surface area contributed by atoms with Crippen molar-refractivity contribution in [1.82, 2.24) is 14.8 Å². The van der Waals surface area contributed by atoms with E-state index in [-0.39, 0.29) is 0 Å². The summed E-state index contributed by atoms with van der Waals surface area (Å²) in [6.07, 6.45) is 1.01. The van der Waals surface area contributed by atoms with Crippen LogP contribution in [0.4, 0.5) is 0 Å². The molecule has 0 bridgehead atoms. The summed E-state index contributed by atoms with van der Waals surface area (Å²) in [7, 11) is 0. The van der Waals surface area contributed by atoms with E-state index in [4.69, 9.17) is 14.2 Å². The largest absolute Gasteiger partial charge is 0.494 e. The zero-order valence-electron chi connectivity index (χ0n) is 13.7. The molecule has 0 amide bonds. The van der Waals surface area contributed by atoms with Crippen molar-refractivity contribution in [1.29, 1.82) is 0 Å². The monoisotopic (exact) mass is 317 g/mol. The Morgan fingerprint density at radius 1 is 1.17 bits per heavy atom. The van der Waals surface area contributed by atoms with Gasteiger partial charge < -0.3 is 14.2 Å². The van der Waals surface area contributed by atoms with E-state index in [1.54, 1.807) is 0 Å². The zero-order valence-corrected chi connectivity index (χ0v) is 13.7. The fourth-order valence-electron chi connectivity index (χ4n) is 2.68. The molecule has 2 aromatic rings. The van der Waals surface area contributed by atoms with Gasteiger partial charge in [0.15, 0.2) is 5.82 Å². The van der Waals surface area contributed by atoms with E-state index in [1.165, 1.54) is 0 Å². The van der Waals surface area contributed by atoms with Crippen molar-refractivity contribution in [2.24, 2.45) is 0 Å². The molecule has 1 aliphatic heterocycles. The highest BCUT2D eigenvalue weighted by Gasteiger charge is 2.24. The molecule has 2 heterocycles. The average molecular weight is 317 g/mol. The highest BCUT2D eigenvalue weighted by Crippen LogP contribution is 2.24. The van der Waals surface area contributed by atoms with Crippen LogP contribution in [0, 0.1) is 0 Å². The number of ether oxygens (including phenoxy) is 3. The van der Waals surface area contributed by atoms with Gasteiger partial charge in [-0.25, -0.2) is 9.67 Å². The third kappa shape index (κ3) is 3.82. The SMILES string of the molecule is CCOc1ccc(OCc2nc([C@@H]3CCOC3)n(CC)n2)cc1. The molecule has 0 N–H and O–H groups in total.